The van der Waals surface area contributed by atoms with Crippen molar-refractivity contribution >= 4 is 17.6 Å². The molecule has 0 aliphatic heterocycles. The van der Waals surface area contributed by atoms with E-state index in [2.05, 4.69) is 5.32 Å². The highest BCUT2D eigenvalue weighted by Crippen LogP contribution is 2.28. The summed E-state index contributed by atoms with van der Waals surface area (Å²) < 4.78 is 16.4. The summed E-state index contributed by atoms with van der Waals surface area (Å²) >= 11 is 0. The minimum atomic E-state index is -1.15. The number of carbonyl (C=O) groups is 2. The van der Waals surface area contributed by atoms with Crippen molar-refractivity contribution in [2.75, 3.05) is 19.0 Å². The molecule has 6 nitrogen and oxygen atoms in total. The third-order valence-corrected chi connectivity index (χ3v) is 4.34. The Labute approximate surface area is 175 Å². The Morgan fingerprint density at radius 2 is 1.50 bits per heavy atom. The van der Waals surface area contributed by atoms with Crippen LogP contribution in [0.2, 0.25) is 0 Å². The fourth-order valence-corrected chi connectivity index (χ4v) is 2.93. The van der Waals surface area contributed by atoms with Crippen molar-refractivity contribution in [2.45, 2.75) is 13.0 Å². The second-order valence-corrected chi connectivity index (χ2v) is 6.31. The average Bonchev–Trinajstić information content (AvgIpc) is 2.79. The van der Waals surface area contributed by atoms with Crippen LogP contribution in [0.15, 0.2) is 78.9 Å². The van der Waals surface area contributed by atoms with Crippen LogP contribution in [-0.2, 0) is 9.53 Å². The fraction of sp³-hybridized carbons (Fsp3) is 0.167. The summed E-state index contributed by atoms with van der Waals surface area (Å²) in [5, 5.41) is 2.81. The van der Waals surface area contributed by atoms with Gasteiger partial charge in [-0.25, -0.2) is 4.79 Å². The lowest BCUT2D eigenvalue weighted by atomic mass is 10.1. The number of carbonyl (C=O) groups excluding carboxylic acids is 2. The number of amides is 1. The van der Waals surface area contributed by atoms with E-state index in [1.54, 1.807) is 66.7 Å². The van der Waals surface area contributed by atoms with Crippen molar-refractivity contribution in [3.05, 3.63) is 90.0 Å². The van der Waals surface area contributed by atoms with E-state index < -0.39 is 18.0 Å². The van der Waals surface area contributed by atoms with E-state index in [0.29, 0.717) is 29.4 Å². The van der Waals surface area contributed by atoms with Gasteiger partial charge in [0.15, 0.2) is 0 Å². The number of ether oxygens (including phenoxy) is 3. The quantitative estimate of drug-likeness (QED) is 0.553. The lowest BCUT2D eigenvalue weighted by Gasteiger charge is -2.19. The Morgan fingerprint density at radius 3 is 2.20 bits per heavy atom. The van der Waals surface area contributed by atoms with Gasteiger partial charge in [0, 0.05) is 5.56 Å². The van der Waals surface area contributed by atoms with Crippen molar-refractivity contribution in [2.24, 2.45) is 0 Å². The van der Waals surface area contributed by atoms with E-state index in [0.717, 1.165) is 0 Å². The molecule has 0 aromatic heterocycles. The maximum absolute atomic E-state index is 13.1. The van der Waals surface area contributed by atoms with Gasteiger partial charge in [0.2, 0.25) is 6.10 Å². The molecule has 3 rings (SSSR count). The second kappa shape index (κ2) is 10.1. The van der Waals surface area contributed by atoms with Gasteiger partial charge < -0.3 is 19.5 Å². The van der Waals surface area contributed by atoms with Crippen LogP contribution in [0.5, 0.6) is 11.5 Å². The molecule has 6 heteroatoms. The molecule has 1 atom stereocenters. The van der Waals surface area contributed by atoms with Crippen LogP contribution >= 0.6 is 0 Å². The highest BCUT2D eigenvalue weighted by Gasteiger charge is 2.27. The van der Waals surface area contributed by atoms with Gasteiger partial charge in [-0.1, -0.05) is 54.6 Å². The van der Waals surface area contributed by atoms with E-state index in [9.17, 15) is 9.59 Å². The lowest BCUT2D eigenvalue weighted by Crippen LogP contribution is -2.26. The molecule has 0 bridgehead atoms. The van der Waals surface area contributed by atoms with Crippen LogP contribution in [0, 0.1) is 0 Å². The van der Waals surface area contributed by atoms with E-state index in [1.165, 1.54) is 7.11 Å². The Balaban J connectivity index is 1.88. The molecule has 0 fully saturated rings. The summed E-state index contributed by atoms with van der Waals surface area (Å²) in [7, 11) is 1.47. The number of para-hydroxylation sites is 3. The van der Waals surface area contributed by atoms with Gasteiger partial charge in [-0.15, -0.1) is 0 Å². The molecule has 1 amide bonds. The molecule has 0 saturated carbocycles. The molecular formula is C24H23NO5. The zero-order valence-electron chi connectivity index (χ0n) is 16.8. The molecule has 0 radical (unpaired) electrons. The number of hydrogen-bond acceptors (Lipinski definition) is 5. The molecule has 0 saturated heterocycles. The zero-order chi connectivity index (χ0) is 21.3. The summed E-state index contributed by atoms with van der Waals surface area (Å²) in [6.07, 6.45) is -1.15. The predicted octanol–water partition coefficient (Wildman–Crippen LogP) is 4.63. The second-order valence-electron chi connectivity index (χ2n) is 6.31. The third kappa shape index (κ3) is 4.97. The van der Waals surface area contributed by atoms with Crippen molar-refractivity contribution in [3.63, 3.8) is 0 Å². The topological polar surface area (TPSA) is 73.9 Å². The smallest absolute Gasteiger partial charge is 0.343 e. The summed E-state index contributed by atoms with van der Waals surface area (Å²) in [6, 6.07) is 22.6. The first-order valence-corrected chi connectivity index (χ1v) is 9.55. The van der Waals surface area contributed by atoms with E-state index in [-0.39, 0.29) is 5.56 Å². The van der Waals surface area contributed by atoms with Crippen molar-refractivity contribution in [1.82, 2.24) is 0 Å². The van der Waals surface area contributed by atoms with Gasteiger partial charge in [-0.3, -0.25) is 4.79 Å². The molecule has 3 aromatic carbocycles. The van der Waals surface area contributed by atoms with E-state index in [1.807, 2.05) is 19.1 Å². The lowest BCUT2D eigenvalue weighted by molar-refractivity contribution is -0.125. The SMILES string of the molecule is CCOc1ccccc1NC(=O)[C@H](OC(=O)c1ccccc1OC)c1ccccc1. The normalized spacial score (nSPS) is 11.3. The molecule has 154 valence electrons. The Bertz CT molecular complexity index is 1000. The van der Waals surface area contributed by atoms with Crippen LogP contribution in [0.25, 0.3) is 0 Å². The van der Waals surface area contributed by atoms with Crippen LogP contribution in [0.1, 0.15) is 28.9 Å². The Kier molecular flexibility index (Phi) is 7.05. The number of hydrogen-bond donors (Lipinski definition) is 1. The van der Waals surface area contributed by atoms with Gasteiger partial charge >= 0.3 is 5.97 Å². The maximum atomic E-state index is 13.1. The predicted molar refractivity (Wildman–Crippen MR) is 114 cm³/mol. The molecule has 0 aliphatic carbocycles. The largest absolute Gasteiger partial charge is 0.496 e. The van der Waals surface area contributed by atoms with Crippen LogP contribution < -0.4 is 14.8 Å². The van der Waals surface area contributed by atoms with Gasteiger partial charge in [0.05, 0.1) is 19.4 Å². The molecule has 0 spiro atoms. The van der Waals surface area contributed by atoms with Crippen molar-refractivity contribution in [1.29, 1.82) is 0 Å². The number of methoxy groups -OCH3 is 1. The summed E-state index contributed by atoms with van der Waals surface area (Å²) in [5.41, 5.74) is 1.29. The molecule has 3 aromatic rings. The molecule has 0 unspecified atom stereocenters. The van der Waals surface area contributed by atoms with Gasteiger partial charge in [-0.05, 0) is 31.2 Å². The number of esters is 1. The van der Waals surface area contributed by atoms with Crippen LogP contribution in [-0.4, -0.2) is 25.6 Å². The summed E-state index contributed by atoms with van der Waals surface area (Å²) in [6.45, 7) is 2.32. The minimum Gasteiger partial charge on any atom is -0.496 e. The van der Waals surface area contributed by atoms with E-state index in [4.69, 9.17) is 14.2 Å². The van der Waals surface area contributed by atoms with Gasteiger partial charge in [0.1, 0.15) is 17.1 Å². The van der Waals surface area contributed by atoms with Crippen LogP contribution in [0.3, 0.4) is 0 Å². The Morgan fingerprint density at radius 1 is 0.867 bits per heavy atom. The monoisotopic (exact) mass is 405 g/mol. The van der Waals surface area contributed by atoms with E-state index >= 15 is 0 Å². The first-order chi connectivity index (χ1) is 14.6. The molecule has 0 aliphatic rings. The number of nitrogens with one attached hydrogen (secondary N) is 1. The third-order valence-electron chi connectivity index (χ3n) is 4.34. The zero-order valence-corrected chi connectivity index (χ0v) is 16.8. The number of rotatable bonds is 8. The Hall–Kier alpha value is -3.80. The molecule has 0 heterocycles. The first kappa shape index (κ1) is 20.9. The standard InChI is InChI=1S/C24H23NO5/c1-3-29-21-16-10-8-14-19(21)25-23(26)22(17-11-5-4-6-12-17)30-24(27)18-13-7-9-15-20(18)28-2/h4-16,22H,3H2,1-2H3,(H,25,26)/t22-/m1/s1. The van der Waals surface area contributed by atoms with Crippen molar-refractivity contribution < 1.29 is 23.8 Å². The average molecular weight is 405 g/mol. The molecule has 30 heavy (non-hydrogen) atoms. The maximum Gasteiger partial charge on any atom is 0.343 e. The van der Waals surface area contributed by atoms with Gasteiger partial charge in [0.25, 0.3) is 5.91 Å². The number of benzene rings is 3. The summed E-state index contributed by atoms with van der Waals surface area (Å²) in [4.78, 5) is 25.9. The molecule has 1 N–H and O–H groups in total. The summed E-state index contributed by atoms with van der Waals surface area (Å²) in [5.74, 6) is -0.237. The van der Waals surface area contributed by atoms with Crippen LogP contribution in [0.4, 0.5) is 5.69 Å². The first-order valence-electron chi connectivity index (χ1n) is 9.55. The number of anilines is 1. The highest BCUT2D eigenvalue weighted by molar-refractivity contribution is 5.99. The fourth-order valence-electron chi connectivity index (χ4n) is 2.93. The van der Waals surface area contributed by atoms with Gasteiger partial charge in [-0.2, -0.15) is 0 Å². The molecular weight excluding hydrogens is 382 g/mol. The highest BCUT2D eigenvalue weighted by atomic mass is 16.6. The van der Waals surface area contributed by atoms with Crippen molar-refractivity contribution in [3.8, 4) is 11.5 Å². The minimum absolute atomic E-state index is 0.239.